The molecular weight excluding hydrogens is 162 g/mol. The Bertz CT molecular complexity index is 417. The lowest BCUT2D eigenvalue weighted by molar-refractivity contribution is 0.282. The molecule has 13 heavy (non-hydrogen) atoms. The molecule has 0 amide bonds. The second-order valence-electron chi connectivity index (χ2n) is 3.21. The van der Waals surface area contributed by atoms with Crippen molar-refractivity contribution in [3.8, 4) is 0 Å². The third kappa shape index (κ3) is 1.33. The molecule has 0 radical (unpaired) electrons. The van der Waals surface area contributed by atoms with Gasteiger partial charge in [0.1, 0.15) is 0 Å². The number of aliphatic hydroxyl groups excluding tert-OH is 1. The van der Waals surface area contributed by atoms with Gasteiger partial charge in [-0.05, 0) is 29.7 Å². The Labute approximate surface area is 77.2 Å². The number of hydrogen-bond acceptors (Lipinski definition) is 1. The molecule has 0 saturated heterocycles. The Morgan fingerprint density at radius 3 is 2.92 bits per heavy atom. The molecule has 0 aliphatic carbocycles. The largest absolute Gasteiger partial charge is 0.392 e. The number of aromatic amines is 1. The third-order valence-corrected chi connectivity index (χ3v) is 2.40. The van der Waals surface area contributed by atoms with Crippen LogP contribution in [-0.4, -0.2) is 10.1 Å². The molecule has 0 unspecified atom stereocenters. The van der Waals surface area contributed by atoms with Gasteiger partial charge in [-0.1, -0.05) is 13.0 Å². The standard InChI is InChI=1S/C11H13NO/c1-2-9-6-12-11-4-3-8(7-13)5-10(9)11/h3-6,12-13H,2,7H2,1H3. The fraction of sp³-hybridized carbons (Fsp3) is 0.273. The number of rotatable bonds is 2. The maximum Gasteiger partial charge on any atom is 0.0682 e. The van der Waals surface area contributed by atoms with E-state index in [1.807, 2.05) is 24.4 Å². The number of H-pyrrole nitrogens is 1. The van der Waals surface area contributed by atoms with Crippen LogP contribution < -0.4 is 0 Å². The second-order valence-corrected chi connectivity index (χ2v) is 3.21. The second kappa shape index (κ2) is 3.23. The van der Waals surface area contributed by atoms with Crippen molar-refractivity contribution in [3.63, 3.8) is 0 Å². The molecule has 1 heterocycles. The maximum absolute atomic E-state index is 8.99. The van der Waals surface area contributed by atoms with Crippen LogP contribution in [0.4, 0.5) is 0 Å². The number of benzene rings is 1. The number of aromatic nitrogens is 1. The van der Waals surface area contributed by atoms with Gasteiger partial charge >= 0.3 is 0 Å². The summed E-state index contributed by atoms with van der Waals surface area (Å²) in [5.74, 6) is 0. The van der Waals surface area contributed by atoms with Gasteiger partial charge in [0.2, 0.25) is 0 Å². The smallest absolute Gasteiger partial charge is 0.0682 e. The molecule has 0 saturated carbocycles. The first-order valence-electron chi connectivity index (χ1n) is 4.55. The summed E-state index contributed by atoms with van der Waals surface area (Å²) >= 11 is 0. The van der Waals surface area contributed by atoms with E-state index in [0.29, 0.717) is 0 Å². The Morgan fingerprint density at radius 2 is 2.23 bits per heavy atom. The van der Waals surface area contributed by atoms with Gasteiger partial charge in [-0.3, -0.25) is 0 Å². The van der Waals surface area contributed by atoms with E-state index < -0.39 is 0 Å². The minimum atomic E-state index is 0.115. The van der Waals surface area contributed by atoms with Crippen LogP contribution >= 0.6 is 0 Å². The lowest BCUT2D eigenvalue weighted by Crippen LogP contribution is -1.82. The van der Waals surface area contributed by atoms with Crippen LogP contribution in [0.15, 0.2) is 24.4 Å². The monoisotopic (exact) mass is 175 g/mol. The van der Waals surface area contributed by atoms with Crippen LogP contribution in [0.3, 0.4) is 0 Å². The molecule has 0 fully saturated rings. The average Bonchev–Trinajstić information content (AvgIpc) is 2.59. The van der Waals surface area contributed by atoms with Gasteiger partial charge in [-0.15, -0.1) is 0 Å². The molecule has 0 bridgehead atoms. The first-order chi connectivity index (χ1) is 6.35. The summed E-state index contributed by atoms with van der Waals surface area (Å²) in [5.41, 5.74) is 3.43. The van der Waals surface area contributed by atoms with Crippen LogP contribution in [0.25, 0.3) is 10.9 Å². The van der Waals surface area contributed by atoms with E-state index in [1.165, 1.54) is 10.9 Å². The summed E-state index contributed by atoms with van der Waals surface area (Å²) < 4.78 is 0. The summed E-state index contributed by atoms with van der Waals surface area (Å²) in [7, 11) is 0. The maximum atomic E-state index is 8.99. The Kier molecular flexibility index (Phi) is 2.07. The van der Waals surface area contributed by atoms with E-state index in [1.54, 1.807) is 0 Å². The van der Waals surface area contributed by atoms with E-state index >= 15 is 0 Å². The van der Waals surface area contributed by atoms with Crippen LogP contribution in [-0.2, 0) is 13.0 Å². The first-order valence-corrected chi connectivity index (χ1v) is 4.55. The van der Waals surface area contributed by atoms with Crippen molar-refractivity contribution in [2.75, 3.05) is 0 Å². The van der Waals surface area contributed by atoms with Gasteiger partial charge in [-0.25, -0.2) is 0 Å². The van der Waals surface area contributed by atoms with Crippen molar-refractivity contribution < 1.29 is 5.11 Å². The average molecular weight is 175 g/mol. The molecule has 1 aromatic carbocycles. The van der Waals surface area contributed by atoms with Crippen molar-refractivity contribution >= 4 is 10.9 Å². The van der Waals surface area contributed by atoms with Gasteiger partial charge in [0, 0.05) is 17.1 Å². The lowest BCUT2D eigenvalue weighted by Gasteiger charge is -1.97. The highest BCUT2D eigenvalue weighted by molar-refractivity contribution is 5.83. The molecule has 0 aliphatic heterocycles. The molecule has 2 nitrogen and oxygen atoms in total. The molecular formula is C11H13NO. The molecule has 2 heteroatoms. The van der Waals surface area contributed by atoms with Crippen LogP contribution in [0.1, 0.15) is 18.1 Å². The SMILES string of the molecule is CCc1c[nH]c2ccc(CO)cc12. The molecule has 0 aliphatic rings. The molecule has 68 valence electrons. The van der Waals surface area contributed by atoms with Crippen LogP contribution in [0.5, 0.6) is 0 Å². The van der Waals surface area contributed by atoms with E-state index in [9.17, 15) is 0 Å². The quantitative estimate of drug-likeness (QED) is 0.721. The van der Waals surface area contributed by atoms with Crippen molar-refractivity contribution in [2.45, 2.75) is 20.0 Å². The molecule has 2 rings (SSSR count). The number of fused-ring (bicyclic) bond motifs is 1. The van der Waals surface area contributed by atoms with Crippen molar-refractivity contribution in [1.29, 1.82) is 0 Å². The predicted molar refractivity (Wildman–Crippen MR) is 53.6 cm³/mol. The molecule has 2 N–H and O–H groups in total. The van der Waals surface area contributed by atoms with E-state index in [4.69, 9.17) is 5.11 Å². The minimum Gasteiger partial charge on any atom is -0.392 e. The van der Waals surface area contributed by atoms with E-state index in [2.05, 4.69) is 11.9 Å². The number of aryl methyl sites for hydroxylation is 1. The van der Waals surface area contributed by atoms with Crippen LogP contribution in [0, 0.1) is 0 Å². The summed E-state index contributed by atoms with van der Waals surface area (Å²) in [5, 5.41) is 10.2. The van der Waals surface area contributed by atoms with Crippen molar-refractivity contribution in [1.82, 2.24) is 4.98 Å². The van der Waals surface area contributed by atoms with Crippen molar-refractivity contribution in [2.24, 2.45) is 0 Å². The van der Waals surface area contributed by atoms with E-state index in [-0.39, 0.29) is 6.61 Å². The molecule has 2 aromatic rings. The normalized spacial score (nSPS) is 10.9. The highest BCUT2D eigenvalue weighted by Crippen LogP contribution is 2.20. The highest BCUT2D eigenvalue weighted by Gasteiger charge is 2.01. The van der Waals surface area contributed by atoms with Gasteiger partial charge in [-0.2, -0.15) is 0 Å². The number of hydrogen-bond donors (Lipinski definition) is 2. The minimum absolute atomic E-state index is 0.115. The fourth-order valence-electron chi connectivity index (χ4n) is 1.62. The molecule has 0 spiro atoms. The fourth-order valence-corrected chi connectivity index (χ4v) is 1.62. The first kappa shape index (κ1) is 8.32. The van der Waals surface area contributed by atoms with Crippen LogP contribution in [0.2, 0.25) is 0 Å². The number of aliphatic hydroxyl groups is 1. The molecule has 1 aromatic heterocycles. The number of nitrogens with one attached hydrogen (secondary N) is 1. The lowest BCUT2D eigenvalue weighted by atomic mass is 10.1. The predicted octanol–water partition coefficient (Wildman–Crippen LogP) is 2.22. The zero-order chi connectivity index (χ0) is 9.26. The van der Waals surface area contributed by atoms with E-state index in [0.717, 1.165) is 17.5 Å². The summed E-state index contributed by atoms with van der Waals surface area (Å²) in [6, 6.07) is 6.00. The topological polar surface area (TPSA) is 36.0 Å². The van der Waals surface area contributed by atoms with Gasteiger partial charge in [0.25, 0.3) is 0 Å². The summed E-state index contributed by atoms with van der Waals surface area (Å²) in [6.45, 7) is 2.25. The zero-order valence-electron chi connectivity index (χ0n) is 7.67. The third-order valence-electron chi connectivity index (χ3n) is 2.40. The summed E-state index contributed by atoms with van der Waals surface area (Å²) in [4.78, 5) is 3.21. The van der Waals surface area contributed by atoms with Gasteiger partial charge < -0.3 is 10.1 Å². The zero-order valence-corrected chi connectivity index (χ0v) is 7.67. The molecule has 0 atom stereocenters. The highest BCUT2D eigenvalue weighted by atomic mass is 16.3. The Balaban J connectivity index is 2.64. The van der Waals surface area contributed by atoms with Gasteiger partial charge in [0.05, 0.1) is 6.61 Å². The van der Waals surface area contributed by atoms with Gasteiger partial charge in [0.15, 0.2) is 0 Å². The Morgan fingerprint density at radius 1 is 1.38 bits per heavy atom. The van der Waals surface area contributed by atoms with Crippen molar-refractivity contribution in [3.05, 3.63) is 35.5 Å². The Hall–Kier alpha value is -1.28. The summed E-state index contributed by atoms with van der Waals surface area (Å²) in [6.07, 6.45) is 3.06.